The lowest BCUT2D eigenvalue weighted by Gasteiger charge is -2.34. The molecule has 130 valence electrons. The van der Waals surface area contributed by atoms with Gasteiger partial charge in [0.05, 0.1) is 5.92 Å². The molecular formula is C20H27NO3. The zero-order valence-electron chi connectivity index (χ0n) is 14.2. The topological polar surface area (TPSA) is 66.4 Å². The van der Waals surface area contributed by atoms with Crippen LogP contribution in [0.25, 0.3) is 0 Å². The molecule has 0 saturated heterocycles. The molecule has 0 radical (unpaired) electrons. The number of aliphatic carboxylic acids is 1. The summed E-state index contributed by atoms with van der Waals surface area (Å²) in [6.07, 6.45) is 7.95. The summed E-state index contributed by atoms with van der Waals surface area (Å²) in [6, 6.07) is 10.4. The second-order valence-corrected chi connectivity index (χ2v) is 7.53. The molecule has 0 spiro atoms. The van der Waals surface area contributed by atoms with Crippen LogP contribution in [0, 0.1) is 11.8 Å². The number of amides is 1. The number of nitrogens with one attached hydrogen (secondary N) is 1. The highest BCUT2D eigenvalue weighted by atomic mass is 16.4. The van der Waals surface area contributed by atoms with Crippen molar-refractivity contribution in [3.8, 4) is 0 Å². The Morgan fingerprint density at radius 1 is 1.00 bits per heavy atom. The Kier molecular flexibility index (Phi) is 5.22. The van der Waals surface area contributed by atoms with Gasteiger partial charge in [-0.05, 0) is 50.5 Å². The lowest BCUT2D eigenvalue weighted by atomic mass is 9.80. The number of carbonyl (C=O) groups excluding carboxylic acids is 1. The third-order valence-electron chi connectivity index (χ3n) is 5.78. The molecule has 3 rings (SSSR count). The Balaban J connectivity index is 1.61. The summed E-state index contributed by atoms with van der Waals surface area (Å²) < 4.78 is 0. The fourth-order valence-corrected chi connectivity index (χ4v) is 4.35. The van der Waals surface area contributed by atoms with Gasteiger partial charge in [0, 0.05) is 11.5 Å². The number of carbonyl (C=O) groups is 2. The van der Waals surface area contributed by atoms with E-state index in [9.17, 15) is 9.59 Å². The zero-order chi connectivity index (χ0) is 17.0. The Morgan fingerprint density at radius 2 is 1.58 bits per heavy atom. The molecule has 4 nitrogen and oxygen atoms in total. The molecule has 1 aromatic carbocycles. The van der Waals surface area contributed by atoms with Crippen molar-refractivity contribution < 1.29 is 14.7 Å². The van der Waals surface area contributed by atoms with Crippen molar-refractivity contribution >= 4 is 11.9 Å². The van der Waals surface area contributed by atoms with Crippen LogP contribution in [0.4, 0.5) is 0 Å². The van der Waals surface area contributed by atoms with E-state index in [4.69, 9.17) is 5.11 Å². The molecule has 24 heavy (non-hydrogen) atoms. The second kappa shape index (κ2) is 7.37. The predicted molar refractivity (Wildman–Crippen MR) is 92.6 cm³/mol. The Labute approximate surface area is 143 Å². The molecule has 2 aliphatic rings. The summed E-state index contributed by atoms with van der Waals surface area (Å²) in [5.74, 6) is -0.866. The van der Waals surface area contributed by atoms with Gasteiger partial charge in [-0.2, -0.15) is 0 Å². The van der Waals surface area contributed by atoms with Gasteiger partial charge >= 0.3 is 5.97 Å². The molecular weight excluding hydrogens is 302 g/mol. The molecule has 0 unspecified atom stereocenters. The molecule has 2 fully saturated rings. The molecule has 2 N–H and O–H groups in total. The first-order valence-corrected chi connectivity index (χ1v) is 9.17. The van der Waals surface area contributed by atoms with Crippen LogP contribution in [0.2, 0.25) is 0 Å². The first-order valence-electron chi connectivity index (χ1n) is 9.17. The number of carboxylic acids is 1. The van der Waals surface area contributed by atoms with E-state index in [1.807, 2.05) is 18.2 Å². The van der Waals surface area contributed by atoms with Gasteiger partial charge < -0.3 is 10.4 Å². The number of hydrogen-bond acceptors (Lipinski definition) is 2. The first kappa shape index (κ1) is 17.0. The average Bonchev–Trinajstić information content (AvgIpc) is 3.03. The van der Waals surface area contributed by atoms with E-state index in [2.05, 4.69) is 17.4 Å². The Morgan fingerprint density at radius 3 is 2.17 bits per heavy atom. The second-order valence-electron chi connectivity index (χ2n) is 7.53. The third-order valence-corrected chi connectivity index (χ3v) is 5.78. The highest BCUT2D eigenvalue weighted by Gasteiger charge is 2.38. The average molecular weight is 329 g/mol. The molecule has 0 heterocycles. The summed E-state index contributed by atoms with van der Waals surface area (Å²) in [5, 5.41) is 12.5. The number of carboxylic acid groups (broad SMARTS) is 1. The highest BCUT2D eigenvalue weighted by Crippen LogP contribution is 2.35. The van der Waals surface area contributed by atoms with Crippen molar-refractivity contribution in [2.45, 2.75) is 63.3 Å². The lowest BCUT2D eigenvalue weighted by Crippen LogP contribution is -2.50. The number of hydrogen-bond donors (Lipinski definition) is 2. The van der Waals surface area contributed by atoms with Crippen molar-refractivity contribution in [2.75, 3.05) is 0 Å². The van der Waals surface area contributed by atoms with Crippen molar-refractivity contribution in [1.29, 1.82) is 0 Å². The Hall–Kier alpha value is -1.84. The molecule has 0 aliphatic heterocycles. The molecule has 0 aromatic heterocycles. The van der Waals surface area contributed by atoms with Crippen LogP contribution in [0.15, 0.2) is 30.3 Å². The van der Waals surface area contributed by atoms with E-state index in [1.54, 1.807) is 0 Å². The highest BCUT2D eigenvalue weighted by molar-refractivity contribution is 5.80. The van der Waals surface area contributed by atoms with Gasteiger partial charge in [-0.25, -0.2) is 0 Å². The zero-order valence-corrected chi connectivity index (χ0v) is 14.2. The van der Waals surface area contributed by atoms with E-state index in [0.717, 1.165) is 19.3 Å². The molecule has 2 saturated carbocycles. The molecule has 1 aromatic rings. The number of rotatable bonds is 5. The van der Waals surface area contributed by atoms with Gasteiger partial charge in [-0.15, -0.1) is 0 Å². The van der Waals surface area contributed by atoms with E-state index >= 15 is 0 Å². The van der Waals surface area contributed by atoms with Crippen molar-refractivity contribution in [2.24, 2.45) is 11.8 Å². The summed E-state index contributed by atoms with van der Waals surface area (Å²) in [5.41, 5.74) is 1.16. The lowest BCUT2D eigenvalue weighted by molar-refractivity contribution is -0.144. The van der Waals surface area contributed by atoms with Crippen LogP contribution < -0.4 is 5.32 Å². The molecule has 0 atom stereocenters. The monoisotopic (exact) mass is 329 g/mol. The number of benzene rings is 1. The van der Waals surface area contributed by atoms with Gasteiger partial charge in [0.2, 0.25) is 5.91 Å². The molecule has 0 bridgehead atoms. The van der Waals surface area contributed by atoms with Gasteiger partial charge in [-0.1, -0.05) is 43.2 Å². The third kappa shape index (κ3) is 3.97. The summed E-state index contributed by atoms with van der Waals surface area (Å²) in [6.45, 7) is 0. The van der Waals surface area contributed by atoms with Crippen LogP contribution in [-0.4, -0.2) is 22.5 Å². The van der Waals surface area contributed by atoms with Gasteiger partial charge in [0.1, 0.15) is 0 Å². The summed E-state index contributed by atoms with van der Waals surface area (Å²) in [4.78, 5) is 23.8. The van der Waals surface area contributed by atoms with Crippen LogP contribution in [0.3, 0.4) is 0 Å². The fourth-order valence-electron chi connectivity index (χ4n) is 4.35. The normalized spacial score (nSPS) is 26.0. The summed E-state index contributed by atoms with van der Waals surface area (Å²) in [7, 11) is 0. The van der Waals surface area contributed by atoms with Crippen LogP contribution >= 0.6 is 0 Å². The molecule has 2 aliphatic carbocycles. The predicted octanol–water partition coefficient (Wildman–Crippen LogP) is 3.55. The maximum Gasteiger partial charge on any atom is 0.306 e. The maximum atomic E-state index is 12.8. The molecule has 4 heteroatoms. The van der Waals surface area contributed by atoms with E-state index < -0.39 is 5.97 Å². The smallest absolute Gasteiger partial charge is 0.306 e. The van der Waals surface area contributed by atoms with E-state index in [1.165, 1.54) is 18.4 Å². The van der Waals surface area contributed by atoms with Gasteiger partial charge in [0.25, 0.3) is 0 Å². The first-order chi connectivity index (χ1) is 11.6. The van der Waals surface area contributed by atoms with Gasteiger partial charge in [-0.3, -0.25) is 9.59 Å². The van der Waals surface area contributed by atoms with Crippen LogP contribution in [0.5, 0.6) is 0 Å². The fraction of sp³-hybridized carbons (Fsp3) is 0.600. The SMILES string of the molecule is O=C(O)C1CCC(C(=O)NC2(Cc3ccccc3)CCCC2)CC1. The molecule has 1 amide bonds. The quantitative estimate of drug-likeness (QED) is 0.868. The van der Waals surface area contributed by atoms with Gasteiger partial charge in [0.15, 0.2) is 0 Å². The Bertz CT molecular complexity index is 570. The standard InChI is InChI=1S/C20H27NO3/c22-18(16-8-10-17(11-9-16)19(23)24)21-20(12-4-5-13-20)14-15-6-2-1-3-7-15/h1-3,6-7,16-17H,4-5,8-14H2,(H,21,22)(H,23,24). The van der Waals surface area contributed by atoms with Crippen LogP contribution in [-0.2, 0) is 16.0 Å². The van der Waals surface area contributed by atoms with Crippen molar-refractivity contribution in [3.05, 3.63) is 35.9 Å². The minimum absolute atomic E-state index is 0.0196. The van der Waals surface area contributed by atoms with Crippen LogP contribution in [0.1, 0.15) is 56.9 Å². The van der Waals surface area contributed by atoms with Crippen molar-refractivity contribution in [1.82, 2.24) is 5.32 Å². The van der Waals surface area contributed by atoms with E-state index in [0.29, 0.717) is 25.7 Å². The summed E-state index contributed by atoms with van der Waals surface area (Å²) >= 11 is 0. The largest absolute Gasteiger partial charge is 0.481 e. The maximum absolute atomic E-state index is 12.8. The van der Waals surface area contributed by atoms with Crippen molar-refractivity contribution in [3.63, 3.8) is 0 Å². The minimum atomic E-state index is -0.717. The minimum Gasteiger partial charge on any atom is -0.481 e. The van der Waals surface area contributed by atoms with E-state index in [-0.39, 0.29) is 23.3 Å².